The average Bonchev–Trinajstić information content (AvgIpc) is 2.38. The Kier molecular flexibility index (Phi) is 4.73. The lowest BCUT2D eigenvalue weighted by atomic mass is 10.0. The van der Waals surface area contributed by atoms with E-state index in [4.69, 9.17) is 5.73 Å². The van der Waals surface area contributed by atoms with E-state index >= 15 is 0 Å². The number of benzene rings is 2. The van der Waals surface area contributed by atoms with E-state index < -0.39 is 12.7 Å². The Balaban J connectivity index is 2.25. The molecule has 2 aromatic carbocycles. The molecule has 0 saturated heterocycles. The minimum atomic E-state index is -4.19. The number of hydrogen-bond acceptors (Lipinski definition) is 2. The Hall–Kier alpha value is -1.75. The Morgan fingerprint density at radius 2 is 1.71 bits per heavy atom. The van der Waals surface area contributed by atoms with E-state index in [-0.39, 0.29) is 6.54 Å². The first kappa shape index (κ1) is 15.6. The quantitative estimate of drug-likeness (QED) is 0.838. The maximum Gasteiger partial charge on any atom is 0.401 e. The van der Waals surface area contributed by atoms with Crippen LogP contribution in [0.25, 0.3) is 10.8 Å². The van der Waals surface area contributed by atoms with Crippen LogP contribution in [-0.2, 0) is 6.54 Å². The minimum absolute atomic E-state index is 0.212. The molecular formula is C16H19F3N2. The van der Waals surface area contributed by atoms with Crippen molar-refractivity contribution >= 4 is 16.5 Å². The van der Waals surface area contributed by atoms with Crippen molar-refractivity contribution in [2.45, 2.75) is 26.1 Å². The van der Waals surface area contributed by atoms with Gasteiger partial charge in [0, 0.05) is 12.2 Å². The highest BCUT2D eigenvalue weighted by Crippen LogP contribution is 2.25. The van der Waals surface area contributed by atoms with Gasteiger partial charge < -0.3 is 5.73 Å². The molecule has 0 aliphatic rings. The first-order valence-electron chi connectivity index (χ1n) is 6.95. The van der Waals surface area contributed by atoms with E-state index in [0.717, 1.165) is 16.3 Å². The lowest BCUT2D eigenvalue weighted by molar-refractivity contribution is -0.147. The SMILES string of the molecule is CCCN(Cc1cc2ccccc2cc1N)CC(F)(F)F. The van der Waals surface area contributed by atoms with Gasteiger partial charge in [0.15, 0.2) is 0 Å². The molecule has 21 heavy (non-hydrogen) atoms. The van der Waals surface area contributed by atoms with Crippen LogP contribution in [0.3, 0.4) is 0 Å². The first-order chi connectivity index (χ1) is 9.89. The molecule has 0 saturated carbocycles. The summed E-state index contributed by atoms with van der Waals surface area (Å²) in [5.74, 6) is 0. The van der Waals surface area contributed by atoms with Crippen LogP contribution in [0.2, 0.25) is 0 Å². The molecule has 0 fully saturated rings. The van der Waals surface area contributed by atoms with Gasteiger partial charge in [-0.15, -0.1) is 0 Å². The third kappa shape index (κ3) is 4.36. The Morgan fingerprint density at radius 1 is 1.10 bits per heavy atom. The van der Waals surface area contributed by atoms with Crippen LogP contribution in [0.5, 0.6) is 0 Å². The molecule has 2 nitrogen and oxygen atoms in total. The van der Waals surface area contributed by atoms with Gasteiger partial charge in [0.2, 0.25) is 0 Å². The molecule has 0 aliphatic heterocycles. The topological polar surface area (TPSA) is 29.3 Å². The van der Waals surface area contributed by atoms with Crippen molar-refractivity contribution in [1.29, 1.82) is 0 Å². The molecule has 0 radical (unpaired) electrons. The smallest absolute Gasteiger partial charge is 0.398 e. The molecular weight excluding hydrogens is 277 g/mol. The summed E-state index contributed by atoms with van der Waals surface area (Å²) in [6, 6.07) is 11.4. The molecule has 0 bridgehead atoms. The number of rotatable bonds is 5. The van der Waals surface area contributed by atoms with Crippen molar-refractivity contribution in [2.75, 3.05) is 18.8 Å². The molecule has 5 heteroatoms. The fraction of sp³-hybridized carbons (Fsp3) is 0.375. The fourth-order valence-corrected chi connectivity index (χ4v) is 2.47. The highest BCUT2D eigenvalue weighted by Gasteiger charge is 2.30. The number of hydrogen-bond donors (Lipinski definition) is 1. The van der Waals surface area contributed by atoms with Crippen molar-refractivity contribution in [1.82, 2.24) is 4.90 Å². The third-order valence-corrected chi connectivity index (χ3v) is 3.34. The summed E-state index contributed by atoms with van der Waals surface area (Å²) in [7, 11) is 0. The van der Waals surface area contributed by atoms with Gasteiger partial charge in [0.25, 0.3) is 0 Å². The second kappa shape index (κ2) is 6.35. The van der Waals surface area contributed by atoms with Crippen molar-refractivity contribution in [3.8, 4) is 0 Å². The fourth-order valence-electron chi connectivity index (χ4n) is 2.47. The van der Waals surface area contributed by atoms with Gasteiger partial charge in [-0.25, -0.2) is 0 Å². The Labute approximate surface area is 122 Å². The van der Waals surface area contributed by atoms with Crippen LogP contribution in [0.4, 0.5) is 18.9 Å². The second-order valence-corrected chi connectivity index (χ2v) is 5.22. The number of anilines is 1. The van der Waals surface area contributed by atoms with Crippen molar-refractivity contribution < 1.29 is 13.2 Å². The monoisotopic (exact) mass is 296 g/mol. The summed E-state index contributed by atoms with van der Waals surface area (Å²) in [4.78, 5) is 1.39. The largest absolute Gasteiger partial charge is 0.401 e. The lowest BCUT2D eigenvalue weighted by Crippen LogP contribution is -2.34. The van der Waals surface area contributed by atoms with Crippen molar-refractivity contribution in [3.05, 3.63) is 42.0 Å². The van der Waals surface area contributed by atoms with Gasteiger partial charge in [-0.3, -0.25) is 4.90 Å². The zero-order valence-electron chi connectivity index (χ0n) is 12.0. The van der Waals surface area contributed by atoms with Crippen LogP contribution in [0.15, 0.2) is 36.4 Å². The molecule has 0 atom stereocenters. The number of fused-ring (bicyclic) bond motifs is 1. The minimum Gasteiger partial charge on any atom is -0.398 e. The predicted octanol–water partition coefficient (Wildman–Crippen LogP) is 4.20. The van der Waals surface area contributed by atoms with E-state index in [1.165, 1.54) is 4.90 Å². The summed E-state index contributed by atoms with van der Waals surface area (Å²) in [5, 5.41) is 1.99. The molecule has 0 unspecified atom stereocenters. The average molecular weight is 296 g/mol. The van der Waals surface area contributed by atoms with Crippen LogP contribution in [0, 0.1) is 0 Å². The molecule has 2 rings (SSSR count). The lowest BCUT2D eigenvalue weighted by Gasteiger charge is -2.24. The molecule has 2 N–H and O–H groups in total. The first-order valence-corrected chi connectivity index (χ1v) is 6.95. The van der Waals surface area contributed by atoms with E-state index in [1.54, 1.807) is 0 Å². The van der Waals surface area contributed by atoms with Gasteiger partial charge in [0.1, 0.15) is 0 Å². The van der Waals surface area contributed by atoms with Gasteiger partial charge in [-0.05, 0) is 41.4 Å². The van der Waals surface area contributed by atoms with Crippen LogP contribution in [0.1, 0.15) is 18.9 Å². The second-order valence-electron chi connectivity index (χ2n) is 5.22. The van der Waals surface area contributed by atoms with E-state index in [9.17, 15) is 13.2 Å². The maximum absolute atomic E-state index is 12.6. The number of nitrogen functional groups attached to an aromatic ring is 1. The molecule has 114 valence electrons. The summed E-state index contributed by atoms with van der Waals surface area (Å²) < 4.78 is 37.8. The van der Waals surface area contributed by atoms with Crippen molar-refractivity contribution in [2.24, 2.45) is 0 Å². The van der Waals surface area contributed by atoms with Crippen LogP contribution in [-0.4, -0.2) is 24.2 Å². The highest BCUT2D eigenvalue weighted by atomic mass is 19.4. The van der Waals surface area contributed by atoms with E-state index in [2.05, 4.69) is 0 Å². The number of halogens is 3. The zero-order chi connectivity index (χ0) is 15.5. The highest BCUT2D eigenvalue weighted by molar-refractivity contribution is 5.86. The molecule has 0 amide bonds. The Bertz CT molecular complexity index is 608. The summed E-state index contributed by atoms with van der Waals surface area (Å²) in [5.41, 5.74) is 7.27. The van der Waals surface area contributed by atoms with Gasteiger partial charge in [-0.2, -0.15) is 13.2 Å². The van der Waals surface area contributed by atoms with Crippen LogP contribution >= 0.6 is 0 Å². The van der Waals surface area contributed by atoms with Gasteiger partial charge in [-0.1, -0.05) is 31.2 Å². The van der Waals surface area contributed by atoms with E-state index in [0.29, 0.717) is 18.7 Å². The molecule has 2 aromatic rings. The molecule has 0 aliphatic carbocycles. The number of nitrogens with two attached hydrogens (primary N) is 1. The molecule has 0 aromatic heterocycles. The summed E-state index contributed by atoms with van der Waals surface area (Å²) in [6.45, 7) is 1.57. The van der Waals surface area contributed by atoms with E-state index in [1.807, 2.05) is 43.3 Å². The van der Waals surface area contributed by atoms with Gasteiger partial charge in [0.05, 0.1) is 6.54 Å². The maximum atomic E-state index is 12.6. The summed E-state index contributed by atoms with van der Waals surface area (Å²) >= 11 is 0. The van der Waals surface area contributed by atoms with Crippen LogP contribution < -0.4 is 5.73 Å². The normalized spacial score (nSPS) is 12.2. The predicted molar refractivity (Wildman–Crippen MR) is 80.0 cm³/mol. The number of nitrogens with zero attached hydrogens (tertiary/aromatic N) is 1. The van der Waals surface area contributed by atoms with Gasteiger partial charge >= 0.3 is 6.18 Å². The van der Waals surface area contributed by atoms with Crippen molar-refractivity contribution in [3.63, 3.8) is 0 Å². The zero-order valence-corrected chi connectivity index (χ0v) is 12.0. The standard InChI is InChI=1S/C16H19F3N2/c1-2-7-21(11-16(17,18)19)10-14-8-12-5-3-4-6-13(12)9-15(14)20/h3-6,8-9H,2,7,10-11,20H2,1H3. The number of alkyl halides is 3. The summed E-state index contributed by atoms with van der Waals surface area (Å²) in [6.07, 6.45) is -3.52. The Morgan fingerprint density at radius 3 is 2.29 bits per heavy atom. The molecule has 0 heterocycles. The third-order valence-electron chi connectivity index (χ3n) is 3.34. The molecule has 0 spiro atoms.